The van der Waals surface area contributed by atoms with E-state index >= 15 is 0 Å². The van der Waals surface area contributed by atoms with Gasteiger partial charge in [0.15, 0.2) is 0 Å². The van der Waals surface area contributed by atoms with Crippen LogP contribution in [0, 0.1) is 0 Å². The van der Waals surface area contributed by atoms with Gasteiger partial charge in [-0.1, -0.05) is 24.3 Å². The Morgan fingerprint density at radius 2 is 1.22 bits per heavy atom. The number of rotatable bonds is 4. The molecule has 0 spiro atoms. The van der Waals surface area contributed by atoms with Gasteiger partial charge in [0.05, 0.1) is 24.6 Å². The van der Waals surface area contributed by atoms with Crippen LogP contribution in [0.2, 0.25) is 0 Å². The summed E-state index contributed by atoms with van der Waals surface area (Å²) < 4.78 is 16.0. The zero-order chi connectivity index (χ0) is 18.1. The van der Waals surface area contributed by atoms with Crippen LogP contribution >= 0.6 is 0 Å². The molecule has 0 radical (unpaired) electrons. The smallest absolute Gasteiger partial charge is 0.222 e. The van der Waals surface area contributed by atoms with Crippen molar-refractivity contribution < 1.29 is 9.47 Å². The molecule has 0 N–H and O–H groups in total. The third-order valence-corrected chi connectivity index (χ3v) is 4.68. The molecule has 0 saturated carbocycles. The van der Waals surface area contributed by atoms with Crippen LogP contribution in [0.1, 0.15) is 11.1 Å². The first-order valence-corrected chi connectivity index (χ1v) is 8.84. The van der Waals surface area contributed by atoms with E-state index in [0.717, 1.165) is 22.5 Å². The molecular formula is C21H18N4O2. The molecule has 27 heavy (non-hydrogen) atoms. The van der Waals surface area contributed by atoms with Crippen LogP contribution in [-0.4, -0.2) is 32.8 Å². The second-order valence-corrected chi connectivity index (χ2v) is 6.32. The van der Waals surface area contributed by atoms with E-state index in [0.29, 0.717) is 13.2 Å². The molecule has 5 rings (SSSR count). The number of ether oxygens (including phenoxy) is 2. The van der Waals surface area contributed by atoms with Crippen LogP contribution in [0.25, 0.3) is 11.4 Å². The summed E-state index contributed by atoms with van der Waals surface area (Å²) in [5, 5.41) is 8.64. The minimum atomic E-state index is -0.938. The maximum atomic E-state index is 6.18. The quantitative estimate of drug-likeness (QED) is 0.562. The molecule has 1 saturated heterocycles. The van der Waals surface area contributed by atoms with E-state index in [2.05, 4.69) is 22.3 Å². The fourth-order valence-electron chi connectivity index (χ4n) is 3.46. The number of hydrogen-bond acceptors (Lipinski definition) is 4. The third-order valence-electron chi connectivity index (χ3n) is 4.68. The van der Waals surface area contributed by atoms with Gasteiger partial charge in [-0.2, -0.15) is 10.2 Å². The van der Waals surface area contributed by atoms with E-state index < -0.39 is 5.79 Å². The highest BCUT2D eigenvalue weighted by Gasteiger charge is 2.41. The second-order valence-electron chi connectivity index (χ2n) is 6.32. The van der Waals surface area contributed by atoms with E-state index in [1.54, 1.807) is 12.4 Å². The molecule has 0 bridgehead atoms. The SMILES string of the molecule is c1cc(-n2cccn2)cc(C2(c3cccc(-n4cccn4)c3)OCCO2)c1. The first-order valence-electron chi connectivity index (χ1n) is 8.84. The van der Waals surface area contributed by atoms with Crippen LogP contribution in [0.15, 0.2) is 85.5 Å². The van der Waals surface area contributed by atoms with Gasteiger partial charge in [0, 0.05) is 35.9 Å². The van der Waals surface area contributed by atoms with Crippen molar-refractivity contribution in [2.75, 3.05) is 13.2 Å². The highest BCUT2D eigenvalue weighted by atomic mass is 16.7. The van der Waals surface area contributed by atoms with Crippen LogP contribution in [0.4, 0.5) is 0 Å². The van der Waals surface area contributed by atoms with Crippen LogP contribution in [0.3, 0.4) is 0 Å². The molecule has 4 aromatic rings. The summed E-state index contributed by atoms with van der Waals surface area (Å²) in [5.41, 5.74) is 3.79. The fourth-order valence-corrected chi connectivity index (χ4v) is 3.46. The molecule has 1 fully saturated rings. The molecular weight excluding hydrogens is 340 g/mol. The Bertz CT molecular complexity index is 956. The minimum Gasteiger partial charge on any atom is -0.340 e. The van der Waals surface area contributed by atoms with Gasteiger partial charge in [-0.3, -0.25) is 0 Å². The summed E-state index contributed by atoms with van der Waals surface area (Å²) in [5.74, 6) is -0.938. The summed E-state index contributed by atoms with van der Waals surface area (Å²) in [6, 6.07) is 20.0. The number of aromatic nitrogens is 4. The summed E-state index contributed by atoms with van der Waals surface area (Å²) >= 11 is 0. The third kappa shape index (κ3) is 2.75. The van der Waals surface area contributed by atoms with Crippen molar-refractivity contribution >= 4 is 0 Å². The van der Waals surface area contributed by atoms with Gasteiger partial charge in [0.2, 0.25) is 5.79 Å². The zero-order valence-corrected chi connectivity index (χ0v) is 14.6. The van der Waals surface area contributed by atoms with Crippen LogP contribution in [0.5, 0.6) is 0 Å². The van der Waals surface area contributed by atoms with Gasteiger partial charge in [0.1, 0.15) is 0 Å². The van der Waals surface area contributed by atoms with E-state index in [-0.39, 0.29) is 0 Å². The zero-order valence-electron chi connectivity index (χ0n) is 14.6. The lowest BCUT2D eigenvalue weighted by atomic mass is 9.96. The second kappa shape index (κ2) is 6.50. The number of benzene rings is 2. The van der Waals surface area contributed by atoms with Gasteiger partial charge in [-0.15, -0.1) is 0 Å². The molecule has 3 heterocycles. The lowest BCUT2D eigenvalue weighted by molar-refractivity contribution is -0.129. The van der Waals surface area contributed by atoms with Crippen molar-refractivity contribution in [2.45, 2.75) is 5.79 Å². The van der Waals surface area contributed by atoms with Crippen molar-refractivity contribution in [3.8, 4) is 11.4 Å². The van der Waals surface area contributed by atoms with Crippen molar-refractivity contribution in [3.63, 3.8) is 0 Å². The molecule has 6 nitrogen and oxygen atoms in total. The lowest BCUT2D eigenvalue weighted by Gasteiger charge is -2.29. The van der Waals surface area contributed by atoms with Crippen molar-refractivity contribution in [1.82, 2.24) is 19.6 Å². The average Bonchev–Trinajstić information content (AvgIpc) is 3.51. The van der Waals surface area contributed by atoms with E-state index in [4.69, 9.17) is 9.47 Å². The monoisotopic (exact) mass is 358 g/mol. The minimum absolute atomic E-state index is 0.540. The van der Waals surface area contributed by atoms with Gasteiger partial charge in [-0.25, -0.2) is 9.36 Å². The van der Waals surface area contributed by atoms with Crippen LogP contribution in [-0.2, 0) is 15.3 Å². The first kappa shape index (κ1) is 16.0. The average molecular weight is 358 g/mol. The normalized spacial score (nSPS) is 15.9. The highest BCUT2D eigenvalue weighted by molar-refractivity contribution is 5.45. The van der Waals surface area contributed by atoms with E-state index in [9.17, 15) is 0 Å². The Labute approximate surface area is 156 Å². The van der Waals surface area contributed by atoms with E-state index in [1.807, 2.05) is 70.3 Å². The molecule has 0 amide bonds. The molecule has 1 aliphatic heterocycles. The Morgan fingerprint density at radius 3 is 1.67 bits per heavy atom. The Kier molecular flexibility index (Phi) is 3.85. The number of hydrogen-bond donors (Lipinski definition) is 0. The molecule has 134 valence electrons. The van der Waals surface area contributed by atoms with Gasteiger partial charge >= 0.3 is 0 Å². The topological polar surface area (TPSA) is 54.1 Å². The predicted molar refractivity (Wildman–Crippen MR) is 99.8 cm³/mol. The molecule has 6 heteroatoms. The highest BCUT2D eigenvalue weighted by Crippen LogP contribution is 2.39. The van der Waals surface area contributed by atoms with Crippen LogP contribution < -0.4 is 0 Å². The van der Waals surface area contributed by atoms with E-state index in [1.165, 1.54) is 0 Å². The molecule has 1 aliphatic rings. The molecule has 0 atom stereocenters. The van der Waals surface area contributed by atoms with Gasteiger partial charge < -0.3 is 9.47 Å². The molecule has 2 aromatic heterocycles. The fraction of sp³-hybridized carbons (Fsp3) is 0.143. The molecule has 0 unspecified atom stereocenters. The lowest BCUT2D eigenvalue weighted by Crippen LogP contribution is -2.29. The summed E-state index contributed by atoms with van der Waals surface area (Å²) in [6.07, 6.45) is 7.36. The van der Waals surface area contributed by atoms with Gasteiger partial charge in [0.25, 0.3) is 0 Å². The van der Waals surface area contributed by atoms with Crippen molar-refractivity contribution in [1.29, 1.82) is 0 Å². The first-order chi connectivity index (χ1) is 13.4. The summed E-state index contributed by atoms with van der Waals surface area (Å²) in [4.78, 5) is 0. The molecule has 0 aliphatic carbocycles. The summed E-state index contributed by atoms with van der Waals surface area (Å²) in [7, 11) is 0. The Balaban J connectivity index is 1.62. The maximum Gasteiger partial charge on any atom is 0.222 e. The molecule has 2 aromatic carbocycles. The van der Waals surface area contributed by atoms with Crippen molar-refractivity contribution in [3.05, 3.63) is 96.6 Å². The standard InChI is InChI=1S/C21H18N4O2/c1-5-17(15-19(7-1)24-11-3-9-22-24)21(26-13-14-27-21)18-6-2-8-20(16-18)25-12-4-10-23-25/h1-12,15-16H,13-14H2. The van der Waals surface area contributed by atoms with Crippen molar-refractivity contribution in [2.24, 2.45) is 0 Å². The van der Waals surface area contributed by atoms with Gasteiger partial charge in [-0.05, 0) is 36.4 Å². The Hall–Kier alpha value is -3.22. The predicted octanol–water partition coefficient (Wildman–Crippen LogP) is 3.31. The number of nitrogens with zero attached hydrogens (tertiary/aromatic N) is 4. The summed E-state index contributed by atoms with van der Waals surface area (Å²) in [6.45, 7) is 1.08. The maximum absolute atomic E-state index is 6.18. The Morgan fingerprint density at radius 1 is 0.704 bits per heavy atom. The largest absolute Gasteiger partial charge is 0.340 e.